The Balaban J connectivity index is 2.63. The number of hydrogen-bond donors (Lipinski definition) is 2. The molecule has 0 aliphatic rings. The molecule has 7 heteroatoms. The fraction of sp³-hybridized carbons (Fsp3) is 0.200. The Kier molecular flexibility index (Phi) is 4.92. The van der Waals surface area contributed by atoms with Gasteiger partial charge in [0, 0.05) is 5.56 Å². The fourth-order valence-electron chi connectivity index (χ4n) is 1.03. The van der Waals surface area contributed by atoms with Crippen molar-refractivity contribution < 1.29 is 24.3 Å². The first-order chi connectivity index (χ1) is 8.04. The molecule has 0 aliphatic heterocycles. The summed E-state index contributed by atoms with van der Waals surface area (Å²) in [6.07, 6.45) is 0. The lowest BCUT2D eigenvalue weighted by Crippen LogP contribution is -2.26. The van der Waals surface area contributed by atoms with Gasteiger partial charge in [-0.3, -0.25) is 9.63 Å². The summed E-state index contributed by atoms with van der Waals surface area (Å²) in [5.41, 5.74) is 2.34. The third-order valence-corrected chi connectivity index (χ3v) is 2.39. The standard InChI is InChI=1S/C10H10BrNO5/c1-16-8-3-2-6(4-7(8)11)10(15)12-17-5-9(13)14/h2-4H,5H2,1H3,(H,12,15)(H,13,14). The van der Waals surface area contributed by atoms with Crippen LogP contribution in [0.4, 0.5) is 0 Å². The van der Waals surface area contributed by atoms with Crippen LogP contribution in [0.5, 0.6) is 5.75 Å². The number of carboxylic acid groups (broad SMARTS) is 1. The summed E-state index contributed by atoms with van der Waals surface area (Å²) in [4.78, 5) is 26.1. The molecule has 1 rings (SSSR count). The Hall–Kier alpha value is -1.60. The minimum atomic E-state index is -1.17. The second kappa shape index (κ2) is 6.21. The molecule has 0 bridgehead atoms. The molecule has 1 aromatic rings. The molecule has 6 nitrogen and oxygen atoms in total. The minimum Gasteiger partial charge on any atom is -0.496 e. The highest BCUT2D eigenvalue weighted by atomic mass is 79.9. The lowest BCUT2D eigenvalue weighted by molar-refractivity contribution is -0.144. The van der Waals surface area contributed by atoms with Crippen LogP contribution >= 0.6 is 15.9 Å². The number of methoxy groups -OCH3 is 1. The van der Waals surface area contributed by atoms with Crippen molar-refractivity contribution in [2.24, 2.45) is 0 Å². The summed E-state index contributed by atoms with van der Waals surface area (Å²) >= 11 is 3.23. The molecule has 17 heavy (non-hydrogen) atoms. The Labute approximate surface area is 106 Å². The first kappa shape index (κ1) is 13.5. The van der Waals surface area contributed by atoms with E-state index >= 15 is 0 Å². The lowest BCUT2D eigenvalue weighted by Gasteiger charge is -2.06. The van der Waals surface area contributed by atoms with E-state index in [0.29, 0.717) is 15.8 Å². The van der Waals surface area contributed by atoms with Crippen molar-refractivity contribution in [3.63, 3.8) is 0 Å². The molecule has 1 amide bonds. The smallest absolute Gasteiger partial charge is 0.332 e. The van der Waals surface area contributed by atoms with E-state index < -0.39 is 18.5 Å². The van der Waals surface area contributed by atoms with Crippen LogP contribution in [-0.4, -0.2) is 30.7 Å². The number of benzene rings is 1. The highest BCUT2D eigenvalue weighted by molar-refractivity contribution is 9.10. The Bertz CT molecular complexity index is 435. The van der Waals surface area contributed by atoms with Gasteiger partial charge in [-0.1, -0.05) is 0 Å². The van der Waals surface area contributed by atoms with Gasteiger partial charge in [0.05, 0.1) is 11.6 Å². The molecule has 0 spiro atoms. The molecule has 0 unspecified atom stereocenters. The van der Waals surface area contributed by atoms with E-state index in [2.05, 4.69) is 20.8 Å². The van der Waals surface area contributed by atoms with Gasteiger partial charge in [-0.05, 0) is 34.1 Å². The van der Waals surface area contributed by atoms with Gasteiger partial charge in [0.15, 0.2) is 6.61 Å². The average molecular weight is 304 g/mol. The van der Waals surface area contributed by atoms with E-state index in [-0.39, 0.29) is 0 Å². The molecule has 2 N–H and O–H groups in total. The van der Waals surface area contributed by atoms with Gasteiger partial charge in [0.2, 0.25) is 0 Å². The molecule has 0 radical (unpaired) electrons. The zero-order chi connectivity index (χ0) is 12.8. The number of halogens is 1. The van der Waals surface area contributed by atoms with E-state index in [1.165, 1.54) is 19.2 Å². The molecule has 0 atom stereocenters. The van der Waals surface area contributed by atoms with Crippen molar-refractivity contribution in [3.05, 3.63) is 28.2 Å². The summed E-state index contributed by atoms with van der Waals surface area (Å²) in [7, 11) is 1.51. The Morgan fingerprint density at radius 2 is 2.18 bits per heavy atom. The van der Waals surface area contributed by atoms with Crippen LogP contribution in [-0.2, 0) is 9.63 Å². The highest BCUT2D eigenvalue weighted by Gasteiger charge is 2.09. The molecule has 0 fully saturated rings. The van der Waals surface area contributed by atoms with Crippen LogP contribution in [0, 0.1) is 0 Å². The van der Waals surface area contributed by atoms with Gasteiger partial charge in [-0.2, -0.15) is 0 Å². The number of aliphatic carboxylic acids is 1. The number of carboxylic acids is 1. The number of carbonyl (C=O) groups excluding carboxylic acids is 1. The summed E-state index contributed by atoms with van der Waals surface area (Å²) in [5, 5.41) is 8.31. The minimum absolute atomic E-state index is 0.322. The van der Waals surface area contributed by atoms with Gasteiger partial charge >= 0.3 is 5.97 Å². The molecule has 0 aliphatic carbocycles. The number of hydrogen-bond acceptors (Lipinski definition) is 4. The van der Waals surface area contributed by atoms with E-state index in [1.807, 2.05) is 5.48 Å². The van der Waals surface area contributed by atoms with E-state index in [9.17, 15) is 9.59 Å². The predicted octanol–water partition coefficient (Wildman–Crippen LogP) is 1.20. The molecular formula is C10H10BrNO5. The van der Waals surface area contributed by atoms with Crippen molar-refractivity contribution in [2.45, 2.75) is 0 Å². The third-order valence-electron chi connectivity index (χ3n) is 1.77. The van der Waals surface area contributed by atoms with Crippen LogP contribution in [0.25, 0.3) is 0 Å². The first-order valence-electron chi connectivity index (χ1n) is 4.52. The van der Waals surface area contributed by atoms with Crippen LogP contribution in [0.15, 0.2) is 22.7 Å². The van der Waals surface area contributed by atoms with E-state index in [4.69, 9.17) is 9.84 Å². The summed E-state index contributed by atoms with van der Waals surface area (Å²) < 4.78 is 5.62. The summed E-state index contributed by atoms with van der Waals surface area (Å²) in [5.74, 6) is -1.11. The number of carbonyl (C=O) groups is 2. The predicted molar refractivity (Wildman–Crippen MR) is 61.7 cm³/mol. The molecule has 0 aromatic heterocycles. The van der Waals surface area contributed by atoms with E-state index in [0.717, 1.165) is 0 Å². The van der Waals surface area contributed by atoms with Crippen molar-refractivity contribution in [1.29, 1.82) is 0 Å². The zero-order valence-electron chi connectivity index (χ0n) is 8.90. The number of ether oxygens (including phenoxy) is 1. The maximum absolute atomic E-state index is 11.5. The highest BCUT2D eigenvalue weighted by Crippen LogP contribution is 2.25. The monoisotopic (exact) mass is 303 g/mol. The van der Waals surface area contributed by atoms with Crippen molar-refractivity contribution in [1.82, 2.24) is 5.48 Å². The van der Waals surface area contributed by atoms with Crippen molar-refractivity contribution in [2.75, 3.05) is 13.7 Å². The van der Waals surface area contributed by atoms with Gasteiger partial charge in [-0.15, -0.1) is 0 Å². The normalized spacial score (nSPS) is 9.76. The van der Waals surface area contributed by atoms with Crippen LogP contribution in [0.3, 0.4) is 0 Å². The van der Waals surface area contributed by atoms with Crippen LogP contribution in [0.2, 0.25) is 0 Å². The molecular weight excluding hydrogens is 294 g/mol. The van der Waals surface area contributed by atoms with Gasteiger partial charge in [0.25, 0.3) is 5.91 Å². The number of hydroxylamine groups is 1. The Morgan fingerprint density at radius 1 is 1.47 bits per heavy atom. The number of amides is 1. The number of nitrogens with one attached hydrogen (secondary N) is 1. The van der Waals surface area contributed by atoms with Gasteiger partial charge in [0.1, 0.15) is 5.75 Å². The number of rotatable bonds is 5. The fourth-order valence-corrected chi connectivity index (χ4v) is 1.57. The lowest BCUT2D eigenvalue weighted by atomic mass is 10.2. The third kappa shape index (κ3) is 4.04. The maximum atomic E-state index is 11.5. The molecule has 0 saturated carbocycles. The first-order valence-corrected chi connectivity index (χ1v) is 5.31. The van der Waals surface area contributed by atoms with Crippen molar-refractivity contribution in [3.8, 4) is 5.75 Å². The quantitative estimate of drug-likeness (QED) is 0.799. The molecule has 0 heterocycles. The topological polar surface area (TPSA) is 84.9 Å². The molecule has 0 saturated heterocycles. The van der Waals surface area contributed by atoms with Crippen LogP contribution in [0.1, 0.15) is 10.4 Å². The van der Waals surface area contributed by atoms with E-state index in [1.54, 1.807) is 6.07 Å². The van der Waals surface area contributed by atoms with Gasteiger partial charge < -0.3 is 9.84 Å². The van der Waals surface area contributed by atoms with Crippen LogP contribution < -0.4 is 10.2 Å². The zero-order valence-corrected chi connectivity index (χ0v) is 10.5. The van der Waals surface area contributed by atoms with Gasteiger partial charge in [-0.25, -0.2) is 10.3 Å². The average Bonchev–Trinajstić information content (AvgIpc) is 2.28. The van der Waals surface area contributed by atoms with Crippen molar-refractivity contribution >= 4 is 27.8 Å². The Morgan fingerprint density at radius 3 is 2.71 bits per heavy atom. The second-order valence-corrected chi connectivity index (χ2v) is 3.82. The largest absolute Gasteiger partial charge is 0.496 e. The second-order valence-electron chi connectivity index (χ2n) is 2.96. The maximum Gasteiger partial charge on any atom is 0.332 e. The SMILES string of the molecule is COc1ccc(C(=O)NOCC(=O)O)cc1Br. The molecule has 92 valence electrons. The summed E-state index contributed by atoms with van der Waals surface area (Å²) in [6.45, 7) is -0.594. The summed E-state index contributed by atoms with van der Waals surface area (Å²) in [6, 6.07) is 4.68. The molecule has 1 aromatic carbocycles.